The lowest BCUT2D eigenvalue weighted by molar-refractivity contribution is -0.00865. The maximum atomic E-state index is 8.93. The van der Waals surface area contributed by atoms with Crippen LogP contribution < -0.4 is 0 Å². The zero-order valence-electron chi connectivity index (χ0n) is 9.05. The molecule has 90 valence electrons. The molecule has 2 aliphatic carbocycles. The maximum absolute atomic E-state index is 8.93. The van der Waals surface area contributed by atoms with Gasteiger partial charge < -0.3 is 20.4 Å². The Kier molecular flexibility index (Phi) is 5.53. The van der Waals surface area contributed by atoms with E-state index in [0.29, 0.717) is 0 Å². The normalized spacial score (nSPS) is 40.8. The van der Waals surface area contributed by atoms with Gasteiger partial charge in [-0.25, -0.2) is 0 Å². The molecule has 0 aromatic heterocycles. The lowest BCUT2D eigenvalue weighted by Gasteiger charge is -2.22. The third-order valence-electron chi connectivity index (χ3n) is 3.14. The van der Waals surface area contributed by atoms with Crippen molar-refractivity contribution in [3.05, 3.63) is 0 Å². The Bertz CT molecular complexity index is 156. The fourth-order valence-electron chi connectivity index (χ4n) is 2.01. The van der Waals surface area contributed by atoms with Gasteiger partial charge in [-0.05, 0) is 32.1 Å². The molecule has 0 aromatic carbocycles. The molecular formula is C11H22O4. The molecule has 0 heterocycles. The lowest BCUT2D eigenvalue weighted by atomic mass is 9.95. The van der Waals surface area contributed by atoms with Gasteiger partial charge in [0.25, 0.3) is 0 Å². The molecule has 0 aromatic rings. The molecular weight excluding hydrogens is 196 g/mol. The first-order valence-electron chi connectivity index (χ1n) is 5.83. The second-order valence-electron chi connectivity index (χ2n) is 4.48. The molecule has 0 radical (unpaired) electrons. The van der Waals surface area contributed by atoms with Crippen molar-refractivity contribution in [1.82, 2.24) is 0 Å². The Hall–Kier alpha value is -0.160. The molecule has 4 nitrogen and oxygen atoms in total. The number of aliphatic hydroxyl groups is 4. The molecule has 0 saturated heterocycles. The topological polar surface area (TPSA) is 80.9 Å². The smallest absolute Gasteiger partial charge is 0.0799 e. The number of rotatable bonds is 0. The number of hydrogen-bond donors (Lipinski definition) is 4. The average Bonchev–Trinajstić information content (AvgIpc) is 2.57. The van der Waals surface area contributed by atoms with Crippen molar-refractivity contribution in [3.63, 3.8) is 0 Å². The van der Waals surface area contributed by atoms with Crippen LogP contribution in [0.5, 0.6) is 0 Å². The highest BCUT2D eigenvalue weighted by atomic mass is 16.3. The molecule has 2 fully saturated rings. The van der Waals surface area contributed by atoms with E-state index in [2.05, 4.69) is 0 Å². The van der Waals surface area contributed by atoms with Crippen LogP contribution in [0.1, 0.15) is 44.9 Å². The predicted molar refractivity (Wildman–Crippen MR) is 56.3 cm³/mol. The van der Waals surface area contributed by atoms with Crippen LogP contribution >= 0.6 is 0 Å². The van der Waals surface area contributed by atoms with Crippen LogP contribution in [0, 0.1) is 0 Å². The predicted octanol–water partition coefficient (Wildman–Crippen LogP) is 0.174. The van der Waals surface area contributed by atoms with E-state index in [9.17, 15) is 0 Å². The van der Waals surface area contributed by atoms with E-state index in [1.807, 2.05) is 0 Å². The molecule has 15 heavy (non-hydrogen) atoms. The van der Waals surface area contributed by atoms with Crippen LogP contribution in [0.3, 0.4) is 0 Å². The summed E-state index contributed by atoms with van der Waals surface area (Å²) in [7, 11) is 0. The van der Waals surface area contributed by atoms with Gasteiger partial charge in [0, 0.05) is 0 Å². The van der Waals surface area contributed by atoms with Crippen molar-refractivity contribution >= 4 is 0 Å². The van der Waals surface area contributed by atoms with Gasteiger partial charge in [-0.2, -0.15) is 0 Å². The molecule has 0 amide bonds. The second-order valence-corrected chi connectivity index (χ2v) is 4.48. The third kappa shape index (κ3) is 4.47. The van der Waals surface area contributed by atoms with Crippen molar-refractivity contribution < 1.29 is 20.4 Å². The SMILES string of the molecule is OC1CCCC1O.OC1CCCCC1O. The van der Waals surface area contributed by atoms with E-state index in [0.717, 1.165) is 44.9 Å². The molecule has 2 rings (SSSR count). The summed E-state index contributed by atoms with van der Waals surface area (Å²) in [6, 6.07) is 0. The molecule has 0 aliphatic heterocycles. The summed E-state index contributed by atoms with van der Waals surface area (Å²) < 4.78 is 0. The molecule has 2 aliphatic rings. The summed E-state index contributed by atoms with van der Waals surface area (Å²) >= 11 is 0. The lowest BCUT2D eigenvalue weighted by Crippen LogP contribution is -2.28. The minimum Gasteiger partial charge on any atom is -0.390 e. The summed E-state index contributed by atoms with van der Waals surface area (Å²) in [6.07, 6.45) is 4.48. The van der Waals surface area contributed by atoms with E-state index < -0.39 is 24.4 Å². The molecule has 4 heteroatoms. The van der Waals surface area contributed by atoms with E-state index in [1.165, 1.54) is 0 Å². The summed E-state index contributed by atoms with van der Waals surface area (Å²) in [5.41, 5.74) is 0. The highest BCUT2D eigenvalue weighted by Gasteiger charge is 2.21. The molecule has 0 bridgehead atoms. The van der Waals surface area contributed by atoms with Crippen molar-refractivity contribution in [1.29, 1.82) is 0 Å². The van der Waals surface area contributed by atoms with Gasteiger partial charge in [-0.3, -0.25) is 0 Å². The van der Waals surface area contributed by atoms with Gasteiger partial charge in [0.15, 0.2) is 0 Å². The zero-order valence-corrected chi connectivity index (χ0v) is 9.05. The summed E-state index contributed by atoms with van der Waals surface area (Å²) in [5, 5.41) is 35.4. The summed E-state index contributed by atoms with van der Waals surface area (Å²) in [4.78, 5) is 0. The quantitative estimate of drug-likeness (QED) is 0.467. The monoisotopic (exact) mass is 218 g/mol. The zero-order chi connectivity index (χ0) is 11.3. The fraction of sp³-hybridized carbons (Fsp3) is 1.00. The Morgan fingerprint density at radius 1 is 0.467 bits per heavy atom. The van der Waals surface area contributed by atoms with Crippen molar-refractivity contribution in [2.75, 3.05) is 0 Å². The largest absolute Gasteiger partial charge is 0.390 e. The molecule has 4 N–H and O–H groups in total. The van der Waals surface area contributed by atoms with Crippen LogP contribution in [0.4, 0.5) is 0 Å². The van der Waals surface area contributed by atoms with E-state index in [-0.39, 0.29) is 0 Å². The van der Waals surface area contributed by atoms with Crippen molar-refractivity contribution in [2.24, 2.45) is 0 Å². The fourth-order valence-corrected chi connectivity index (χ4v) is 2.01. The van der Waals surface area contributed by atoms with Crippen LogP contribution in [0.2, 0.25) is 0 Å². The second kappa shape index (κ2) is 6.43. The van der Waals surface area contributed by atoms with Gasteiger partial charge in [0.05, 0.1) is 24.4 Å². The van der Waals surface area contributed by atoms with Gasteiger partial charge in [0.1, 0.15) is 0 Å². The number of aliphatic hydroxyl groups excluding tert-OH is 4. The molecule has 4 unspecified atom stereocenters. The summed E-state index contributed by atoms with van der Waals surface area (Å²) in [5.74, 6) is 0. The standard InChI is InChI=1S/C6H12O2.C5H10O2/c7-5-3-1-2-4-6(5)8;6-4-2-1-3-5(4)7/h5-8H,1-4H2;4-7H,1-3H2. The van der Waals surface area contributed by atoms with E-state index in [4.69, 9.17) is 20.4 Å². The third-order valence-corrected chi connectivity index (χ3v) is 3.14. The first-order valence-corrected chi connectivity index (χ1v) is 5.83. The molecule has 2 saturated carbocycles. The minimum atomic E-state index is -0.441. The van der Waals surface area contributed by atoms with Gasteiger partial charge in [-0.15, -0.1) is 0 Å². The summed E-state index contributed by atoms with van der Waals surface area (Å²) in [6.45, 7) is 0. The first kappa shape index (κ1) is 12.9. The van der Waals surface area contributed by atoms with Crippen LogP contribution in [-0.4, -0.2) is 44.8 Å². The Morgan fingerprint density at radius 2 is 0.733 bits per heavy atom. The van der Waals surface area contributed by atoms with E-state index >= 15 is 0 Å². The Labute approximate surface area is 90.6 Å². The van der Waals surface area contributed by atoms with Crippen LogP contribution in [0.25, 0.3) is 0 Å². The highest BCUT2D eigenvalue weighted by molar-refractivity contribution is 4.74. The molecule has 4 atom stereocenters. The average molecular weight is 218 g/mol. The highest BCUT2D eigenvalue weighted by Crippen LogP contribution is 2.18. The van der Waals surface area contributed by atoms with E-state index in [1.54, 1.807) is 0 Å². The van der Waals surface area contributed by atoms with Crippen LogP contribution in [0.15, 0.2) is 0 Å². The van der Waals surface area contributed by atoms with Gasteiger partial charge in [-0.1, -0.05) is 12.8 Å². The molecule has 0 spiro atoms. The van der Waals surface area contributed by atoms with Gasteiger partial charge >= 0.3 is 0 Å². The van der Waals surface area contributed by atoms with Gasteiger partial charge in [0.2, 0.25) is 0 Å². The Balaban J connectivity index is 0.000000151. The van der Waals surface area contributed by atoms with Crippen molar-refractivity contribution in [2.45, 2.75) is 69.4 Å². The minimum absolute atomic E-state index is 0.431. The maximum Gasteiger partial charge on any atom is 0.0799 e. The first-order chi connectivity index (χ1) is 7.11. The van der Waals surface area contributed by atoms with Crippen LogP contribution in [-0.2, 0) is 0 Å². The number of hydrogen-bond acceptors (Lipinski definition) is 4. The van der Waals surface area contributed by atoms with Crippen molar-refractivity contribution in [3.8, 4) is 0 Å². The Morgan fingerprint density at radius 3 is 0.933 bits per heavy atom.